The van der Waals surface area contributed by atoms with Crippen LogP contribution in [0, 0.1) is 6.92 Å². The second-order valence-electron chi connectivity index (χ2n) is 4.48. The highest BCUT2D eigenvalue weighted by molar-refractivity contribution is 9.10. The molecule has 0 bridgehead atoms. The number of carbonyl (C=O) groups excluding carboxylic acids is 1. The molecular formula is C15H13BrCl2N2O. The number of benzene rings is 2. The van der Waals surface area contributed by atoms with Gasteiger partial charge in [0, 0.05) is 17.2 Å². The Morgan fingerprint density at radius 2 is 1.81 bits per heavy atom. The van der Waals surface area contributed by atoms with Gasteiger partial charge in [-0.15, -0.1) is 0 Å². The van der Waals surface area contributed by atoms with E-state index in [9.17, 15) is 4.79 Å². The number of nitrogens with one attached hydrogen (secondary N) is 2. The van der Waals surface area contributed by atoms with Crippen molar-refractivity contribution in [1.82, 2.24) is 0 Å². The molecule has 0 atom stereocenters. The van der Waals surface area contributed by atoms with E-state index < -0.39 is 0 Å². The highest BCUT2D eigenvalue weighted by atomic mass is 79.9. The fourth-order valence-corrected chi connectivity index (χ4v) is 2.70. The predicted octanol–water partition coefficient (Wildman–Crippen LogP) is 5.36. The monoisotopic (exact) mass is 386 g/mol. The summed E-state index contributed by atoms with van der Waals surface area (Å²) in [6.45, 7) is 1.97. The minimum Gasteiger partial charge on any atom is -0.387 e. The smallest absolute Gasteiger partial charge is 0.257 e. The van der Waals surface area contributed by atoms with Crippen molar-refractivity contribution in [3.63, 3.8) is 0 Å². The van der Waals surface area contributed by atoms with Crippen molar-refractivity contribution >= 4 is 56.4 Å². The van der Waals surface area contributed by atoms with E-state index in [1.807, 2.05) is 19.1 Å². The minimum atomic E-state index is -0.250. The van der Waals surface area contributed by atoms with Crippen molar-refractivity contribution in [1.29, 1.82) is 0 Å². The highest BCUT2D eigenvalue weighted by Gasteiger charge is 2.14. The lowest BCUT2D eigenvalue weighted by Crippen LogP contribution is -2.14. The van der Waals surface area contributed by atoms with Gasteiger partial charge < -0.3 is 10.6 Å². The van der Waals surface area contributed by atoms with Crippen LogP contribution in [0.4, 0.5) is 11.4 Å². The van der Waals surface area contributed by atoms with E-state index in [2.05, 4.69) is 26.6 Å². The van der Waals surface area contributed by atoms with Gasteiger partial charge >= 0.3 is 0 Å². The lowest BCUT2D eigenvalue weighted by atomic mass is 10.1. The normalized spacial score (nSPS) is 10.3. The Labute approximate surface area is 141 Å². The summed E-state index contributed by atoms with van der Waals surface area (Å²) in [6.07, 6.45) is 0. The summed E-state index contributed by atoms with van der Waals surface area (Å²) in [5.74, 6) is -0.250. The molecule has 0 radical (unpaired) electrons. The Morgan fingerprint density at radius 1 is 1.10 bits per heavy atom. The van der Waals surface area contributed by atoms with Crippen LogP contribution in [0.3, 0.4) is 0 Å². The molecule has 0 aliphatic heterocycles. The minimum absolute atomic E-state index is 0.250. The number of hydrogen-bond donors (Lipinski definition) is 2. The van der Waals surface area contributed by atoms with Gasteiger partial charge in [0.25, 0.3) is 5.91 Å². The van der Waals surface area contributed by atoms with Crippen molar-refractivity contribution in [3.8, 4) is 0 Å². The zero-order chi connectivity index (χ0) is 15.6. The van der Waals surface area contributed by atoms with E-state index in [1.54, 1.807) is 25.2 Å². The molecule has 0 unspecified atom stereocenters. The van der Waals surface area contributed by atoms with Crippen LogP contribution in [0.2, 0.25) is 10.0 Å². The van der Waals surface area contributed by atoms with Crippen molar-refractivity contribution in [2.45, 2.75) is 6.92 Å². The maximum atomic E-state index is 12.4. The maximum absolute atomic E-state index is 12.4. The number of rotatable bonds is 3. The van der Waals surface area contributed by atoms with Crippen molar-refractivity contribution in [2.24, 2.45) is 0 Å². The Hall–Kier alpha value is -1.23. The number of hydrogen-bond acceptors (Lipinski definition) is 2. The second kappa shape index (κ2) is 6.69. The molecule has 0 saturated carbocycles. The molecule has 3 nitrogen and oxygen atoms in total. The largest absolute Gasteiger partial charge is 0.387 e. The topological polar surface area (TPSA) is 41.1 Å². The summed E-state index contributed by atoms with van der Waals surface area (Å²) >= 11 is 15.5. The van der Waals surface area contributed by atoms with Gasteiger partial charge in [0.2, 0.25) is 0 Å². The average molecular weight is 388 g/mol. The SMILES string of the molecule is CNc1cc(C)ccc1C(=O)Nc1ccc(Br)c(Cl)c1Cl. The molecule has 2 aromatic rings. The van der Waals surface area contributed by atoms with Crippen LogP contribution >= 0.6 is 39.1 Å². The first-order valence-electron chi connectivity index (χ1n) is 6.17. The third-order valence-electron chi connectivity index (χ3n) is 2.97. The van der Waals surface area contributed by atoms with Crippen molar-refractivity contribution in [2.75, 3.05) is 17.7 Å². The first-order valence-corrected chi connectivity index (χ1v) is 7.72. The summed E-state index contributed by atoms with van der Waals surface area (Å²) in [7, 11) is 1.77. The zero-order valence-corrected chi connectivity index (χ0v) is 14.5. The Balaban J connectivity index is 2.33. The third-order valence-corrected chi connectivity index (χ3v) is 4.74. The molecule has 1 amide bonds. The van der Waals surface area contributed by atoms with E-state index in [1.165, 1.54) is 0 Å². The van der Waals surface area contributed by atoms with Gasteiger partial charge in [0.1, 0.15) is 0 Å². The number of amides is 1. The van der Waals surface area contributed by atoms with E-state index in [0.29, 0.717) is 25.8 Å². The molecule has 2 N–H and O–H groups in total. The van der Waals surface area contributed by atoms with E-state index in [-0.39, 0.29) is 5.91 Å². The number of carbonyl (C=O) groups is 1. The van der Waals surface area contributed by atoms with E-state index >= 15 is 0 Å². The van der Waals surface area contributed by atoms with Crippen LogP contribution in [0.15, 0.2) is 34.8 Å². The molecule has 0 heterocycles. The van der Waals surface area contributed by atoms with Crippen molar-refractivity contribution in [3.05, 3.63) is 56.0 Å². The molecule has 6 heteroatoms. The standard InChI is InChI=1S/C15H13BrCl2N2O/c1-8-3-4-9(12(7-8)19-2)15(21)20-11-6-5-10(16)13(17)14(11)18/h3-7,19H,1-2H3,(H,20,21). The maximum Gasteiger partial charge on any atom is 0.257 e. The van der Waals surface area contributed by atoms with Gasteiger partial charge in [0.05, 0.1) is 21.3 Å². The molecule has 2 aromatic carbocycles. The van der Waals surface area contributed by atoms with Gasteiger partial charge in [-0.05, 0) is 52.7 Å². The summed E-state index contributed by atoms with van der Waals surface area (Å²) in [5, 5.41) is 6.45. The lowest BCUT2D eigenvalue weighted by molar-refractivity contribution is 0.102. The molecule has 2 rings (SSSR count). The van der Waals surface area contributed by atoms with Gasteiger partial charge in [-0.2, -0.15) is 0 Å². The molecule has 0 saturated heterocycles. The summed E-state index contributed by atoms with van der Waals surface area (Å²) < 4.78 is 0.679. The van der Waals surface area contributed by atoms with Crippen LogP contribution in [0.25, 0.3) is 0 Å². The molecule has 0 aliphatic rings. The van der Waals surface area contributed by atoms with Crippen LogP contribution in [-0.4, -0.2) is 13.0 Å². The first kappa shape index (κ1) is 16.1. The van der Waals surface area contributed by atoms with Gasteiger partial charge in [0.15, 0.2) is 0 Å². The number of aryl methyl sites for hydroxylation is 1. The van der Waals surface area contributed by atoms with Crippen LogP contribution in [0.1, 0.15) is 15.9 Å². The predicted molar refractivity (Wildman–Crippen MR) is 92.8 cm³/mol. The number of anilines is 2. The van der Waals surface area contributed by atoms with E-state index in [0.717, 1.165) is 11.3 Å². The Bertz CT molecular complexity index is 704. The van der Waals surface area contributed by atoms with Crippen molar-refractivity contribution < 1.29 is 4.79 Å². The Kier molecular flexibility index (Phi) is 5.14. The summed E-state index contributed by atoms with van der Waals surface area (Å²) in [4.78, 5) is 12.4. The summed E-state index contributed by atoms with van der Waals surface area (Å²) in [5.41, 5.74) is 2.84. The molecule has 21 heavy (non-hydrogen) atoms. The van der Waals surface area contributed by atoms with Gasteiger partial charge in [-0.3, -0.25) is 4.79 Å². The molecule has 110 valence electrons. The first-order chi connectivity index (χ1) is 9.93. The molecular weight excluding hydrogens is 375 g/mol. The van der Waals surface area contributed by atoms with Gasteiger partial charge in [-0.1, -0.05) is 29.3 Å². The van der Waals surface area contributed by atoms with E-state index in [4.69, 9.17) is 23.2 Å². The van der Waals surface area contributed by atoms with Gasteiger partial charge in [-0.25, -0.2) is 0 Å². The fourth-order valence-electron chi connectivity index (χ4n) is 1.88. The van der Waals surface area contributed by atoms with Crippen LogP contribution in [0.5, 0.6) is 0 Å². The average Bonchev–Trinajstić information content (AvgIpc) is 2.47. The third kappa shape index (κ3) is 3.51. The molecule has 0 aromatic heterocycles. The quantitative estimate of drug-likeness (QED) is 0.696. The molecule has 0 aliphatic carbocycles. The zero-order valence-electron chi connectivity index (χ0n) is 11.4. The second-order valence-corrected chi connectivity index (χ2v) is 6.09. The number of halogens is 3. The molecule has 0 spiro atoms. The Morgan fingerprint density at radius 3 is 2.48 bits per heavy atom. The summed E-state index contributed by atoms with van der Waals surface area (Å²) in [6, 6.07) is 8.99. The lowest BCUT2D eigenvalue weighted by Gasteiger charge is -2.12. The highest BCUT2D eigenvalue weighted by Crippen LogP contribution is 2.36. The fraction of sp³-hybridized carbons (Fsp3) is 0.133. The van der Waals surface area contributed by atoms with Crippen LogP contribution in [-0.2, 0) is 0 Å². The molecule has 0 fully saturated rings. The van der Waals surface area contributed by atoms with Crippen LogP contribution < -0.4 is 10.6 Å².